The van der Waals surface area contributed by atoms with Crippen molar-refractivity contribution in [1.82, 2.24) is 0 Å². The van der Waals surface area contributed by atoms with Gasteiger partial charge in [-0.2, -0.15) is 8.42 Å². The van der Waals surface area contributed by atoms with E-state index in [-0.39, 0.29) is 12.5 Å². The minimum absolute atomic E-state index is 0.0773. The van der Waals surface area contributed by atoms with Crippen LogP contribution in [-0.4, -0.2) is 21.3 Å². The van der Waals surface area contributed by atoms with Crippen molar-refractivity contribution < 1.29 is 12.6 Å². The van der Waals surface area contributed by atoms with Gasteiger partial charge in [0.05, 0.1) is 12.9 Å². The summed E-state index contributed by atoms with van der Waals surface area (Å²) in [7, 11) is -3.48. The molecular weight excluding hydrogens is 388 g/mol. The van der Waals surface area contributed by atoms with Gasteiger partial charge >= 0.3 is 0 Å². The Hall–Kier alpha value is -0.880. The second kappa shape index (κ2) is 7.59. The van der Waals surface area contributed by atoms with Gasteiger partial charge < -0.3 is 0 Å². The summed E-state index contributed by atoms with van der Waals surface area (Å²) in [5.41, 5.74) is 2.09. The molecule has 0 radical (unpaired) electrons. The third-order valence-corrected chi connectivity index (χ3v) is 4.76. The lowest BCUT2D eigenvalue weighted by Gasteiger charge is -2.18. The second-order valence-electron chi connectivity index (χ2n) is 5.04. The van der Waals surface area contributed by atoms with E-state index in [1.165, 1.54) is 0 Å². The van der Waals surface area contributed by atoms with Gasteiger partial charge in [-0.15, -0.1) is 0 Å². The van der Waals surface area contributed by atoms with Gasteiger partial charge in [-0.1, -0.05) is 57.9 Å². The highest BCUT2D eigenvalue weighted by Gasteiger charge is 2.18. The van der Waals surface area contributed by atoms with Crippen LogP contribution in [0.25, 0.3) is 0 Å². The Labute approximate surface area is 144 Å². The van der Waals surface area contributed by atoms with Crippen LogP contribution >= 0.6 is 27.5 Å². The zero-order chi connectivity index (χ0) is 16.2. The van der Waals surface area contributed by atoms with Gasteiger partial charge in [-0.25, -0.2) is 0 Å². The molecule has 0 aliphatic rings. The molecule has 1 atom stereocenters. The molecule has 0 heterocycles. The number of hydrogen-bond donors (Lipinski definition) is 0. The zero-order valence-corrected chi connectivity index (χ0v) is 15.2. The van der Waals surface area contributed by atoms with Gasteiger partial charge in [0.25, 0.3) is 10.1 Å². The van der Waals surface area contributed by atoms with Crippen LogP contribution in [0.1, 0.15) is 17.0 Å². The largest absolute Gasteiger partial charge is 0.270 e. The molecule has 2 aromatic carbocycles. The molecule has 0 aromatic heterocycles. The lowest BCUT2D eigenvalue weighted by molar-refractivity contribution is 0.293. The Balaban J connectivity index is 2.25. The van der Waals surface area contributed by atoms with Crippen molar-refractivity contribution in [2.45, 2.75) is 12.3 Å². The number of halogens is 2. The van der Waals surface area contributed by atoms with Crippen molar-refractivity contribution >= 4 is 37.6 Å². The smallest absolute Gasteiger partial charge is 0.264 e. The molecule has 0 amide bonds. The number of benzene rings is 2. The maximum absolute atomic E-state index is 11.3. The van der Waals surface area contributed by atoms with Crippen molar-refractivity contribution in [1.29, 1.82) is 0 Å². The minimum Gasteiger partial charge on any atom is -0.270 e. The van der Waals surface area contributed by atoms with Crippen molar-refractivity contribution in [3.05, 3.63) is 69.2 Å². The Kier molecular flexibility index (Phi) is 6.03. The zero-order valence-electron chi connectivity index (χ0n) is 12.0. The Morgan fingerprint density at radius 1 is 1.14 bits per heavy atom. The van der Waals surface area contributed by atoms with E-state index in [0.717, 1.165) is 21.9 Å². The monoisotopic (exact) mass is 402 g/mol. The average molecular weight is 404 g/mol. The van der Waals surface area contributed by atoms with Gasteiger partial charge in [-0.3, -0.25) is 4.18 Å². The molecule has 3 nitrogen and oxygen atoms in total. The Morgan fingerprint density at radius 3 is 2.36 bits per heavy atom. The Bertz CT molecular complexity index is 729. The van der Waals surface area contributed by atoms with Gasteiger partial charge in [-0.05, 0) is 35.7 Å². The molecule has 0 unspecified atom stereocenters. The summed E-state index contributed by atoms with van der Waals surface area (Å²) in [6.45, 7) is 0.101. The van der Waals surface area contributed by atoms with Crippen LogP contribution in [0.5, 0.6) is 0 Å². The fraction of sp³-hybridized carbons (Fsp3) is 0.250. The van der Waals surface area contributed by atoms with Crippen LogP contribution in [0.15, 0.2) is 53.0 Å². The molecule has 2 aromatic rings. The van der Waals surface area contributed by atoms with E-state index in [9.17, 15) is 8.42 Å². The van der Waals surface area contributed by atoms with Gasteiger partial charge in [0.15, 0.2) is 0 Å². The summed E-state index contributed by atoms with van der Waals surface area (Å²) in [6, 6.07) is 15.3. The molecular formula is C16H16BrClO3S. The van der Waals surface area contributed by atoms with E-state index in [2.05, 4.69) is 15.9 Å². The minimum atomic E-state index is -3.48. The van der Waals surface area contributed by atoms with E-state index in [0.29, 0.717) is 11.4 Å². The molecule has 22 heavy (non-hydrogen) atoms. The van der Waals surface area contributed by atoms with Crippen LogP contribution in [0.4, 0.5) is 0 Å². The van der Waals surface area contributed by atoms with Crippen LogP contribution in [-0.2, 0) is 20.7 Å². The van der Waals surface area contributed by atoms with Gasteiger partial charge in [0.2, 0.25) is 0 Å². The fourth-order valence-corrected chi connectivity index (χ4v) is 3.32. The van der Waals surface area contributed by atoms with E-state index >= 15 is 0 Å². The van der Waals surface area contributed by atoms with E-state index in [1.807, 2.05) is 48.5 Å². The first kappa shape index (κ1) is 17.5. The molecule has 118 valence electrons. The lowest BCUT2D eigenvalue weighted by Crippen LogP contribution is -2.15. The average Bonchev–Trinajstić information content (AvgIpc) is 2.45. The van der Waals surface area contributed by atoms with Crippen LogP contribution in [0.2, 0.25) is 5.02 Å². The third kappa shape index (κ3) is 5.39. The molecule has 0 saturated heterocycles. The molecule has 0 bridgehead atoms. The highest BCUT2D eigenvalue weighted by atomic mass is 79.9. The summed E-state index contributed by atoms with van der Waals surface area (Å²) < 4.78 is 28.6. The SMILES string of the molecule is CS(=O)(=O)OC[C@H](Cc1ccc(Cl)cc1)c1ccccc1Br. The highest BCUT2D eigenvalue weighted by molar-refractivity contribution is 9.10. The molecule has 0 spiro atoms. The molecule has 0 saturated carbocycles. The summed E-state index contributed by atoms with van der Waals surface area (Å²) in [5, 5.41) is 0.675. The van der Waals surface area contributed by atoms with E-state index in [4.69, 9.17) is 15.8 Å². The maximum atomic E-state index is 11.3. The van der Waals surface area contributed by atoms with Crippen molar-refractivity contribution in [3.8, 4) is 0 Å². The lowest BCUT2D eigenvalue weighted by atomic mass is 9.93. The fourth-order valence-electron chi connectivity index (χ4n) is 2.18. The third-order valence-electron chi connectivity index (χ3n) is 3.22. The quantitative estimate of drug-likeness (QED) is 0.671. The van der Waals surface area contributed by atoms with Gasteiger partial charge in [0, 0.05) is 15.4 Å². The molecule has 0 fully saturated rings. The van der Waals surface area contributed by atoms with Crippen LogP contribution in [0.3, 0.4) is 0 Å². The van der Waals surface area contributed by atoms with Gasteiger partial charge in [0.1, 0.15) is 0 Å². The summed E-state index contributed by atoms with van der Waals surface area (Å²) >= 11 is 9.42. The maximum Gasteiger partial charge on any atom is 0.264 e. The second-order valence-corrected chi connectivity index (χ2v) is 7.97. The number of rotatable bonds is 6. The predicted molar refractivity (Wildman–Crippen MR) is 92.8 cm³/mol. The van der Waals surface area contributed by atoms with E-state index in [1.54, 1.807) is 0 Å². The first-order valence-corrected chi connectivity index (χ1v) is 9.67. The van der Waals surface area contributed by atoms with E-state index < -0.39 is 10.1 Å². The highest BCUT2D eigenvalue weighted by Crippen LogP contribution is 2.29. The van der Waals surface area contributed by atoms with Crippen molar-refractivity contribution in [2.24, 2.45) is 0 Å². The molecule has 0 aliphatic heterocycles. The molecule has 2 rings (SSSR count). The molecule has 0 N–H and O–H groups in total. The standard InChI is InChI=1S/C16H16BrClO3S/c1-22(19,20)21-11-13(15-4-2-3-5-16(15)17)10-12-6-8-14(18)9-7-12/h2-9,13H,10-11H2,1H3/t13-/m0/s1. The number of hydrogen-bond acceptors (Lipinski definition) is 3. The van der Waals surface area contributed by atoms with Crippen LogP contribution < -0.4 is 0 Å². The summed E-state index contributed by atoms with van der Waals surface area (Å²) in [6.07, 6.45) is 1.72. The van der Waals surface area contributed by atoms with Crippen LogP contribution in [0, 0.1) is 0 Å². The molecule has 6 heteroatoms. The van der Waals surface area contributed by atoms with Crippen molar-refractivity contribution in [3.63, 3.8) is 0 Å². The summed E-state index contributed by atoms with van der Waals surface area (Å²) in [4.78, 5) is 0. The normalized spacial score (nSPS) is 13.0. The molecule has 0 aliphatic carbocycles. The predicted octanol–water partition coefficient (Wildman–Crippen LogP) is 4.41. The first-order valence-electron chi connectivity index (χ1n) is 6.68. The topological polar surface area (TPSA) is 43.4 Å². The van der Waals surface area contributed by atoms with Crippen molar-refractivity contribution in [2.75, 3.05) is 12.9 Å². The summed E-state index contributed by atoms with van der Waals surface area (Å²) in [5.74, 6) is -0.0773. The Morgan fingerprint density at radius 2 is 1.77 bits per heavy atom. The first-order chi connectivity index (χ1) is 10.3.